The Hall–Kier alpha value is -3.49. The van der Waals surface area contributed by atoms with Gasteiger partial charge in [0.1, 0.15) is 17.9 Å². The third-order valence-electron chi connectivity index (χ3n) is 4.95. The minimum Gasteiger partial charge on any atom is -0.333 e. The minimum atomic E-state index is -0.676. The van der Waals surface area contributed by atoms with E-state index in [9.17, 15) is 14.0 Å². The molecule has 4 aromatic rings. The van der Waals surface area contributed by atoms with E-state index >= 15 is 0 Å². The zero-order chi connectivity index (χ0) is 23.7. The summed E-state index contributed by atoms with van der Waals surface area (Å²) in [5.74, 6) is -0.933. The largest absolute Gasteiger partial charge is 0.333 e. The van der Waals surface area contributed by atoms with Gasteiger partial charge in [-0.05, 0) is 67.9 Å². The minimum absolute atomic E-state index is 0.0281. The lowest BCUT2D eigenvalue weighted by Crippen LogP contribution is -2.31. The molecule has 0 aliphatic carbocycles. The first-order valence-electron chi connectivity index (χ1n) is 9.79. The topological polar surface area (TPSA) is 90.0 Å². The number of nitrogens with zero attached hydrogens (tertiary/aromatic N) is 3. The van der Waals surface area contributed by atoms with E-state index < -0.39 is 17.3 Å². The van der Waals surface area contributed by atoms with Gasteiger partial charge in [-0.25, -0.2) is 4.39 Å². The fourth-order valence-electron chi connectivity index (χ4n) is 3.35. The molecule has 0 radical (unpaired) electrons. The number of rotatable bonds is 5. The molecule has 10 heteroatoms. The molecule has 2 heterocycles. The van der Waals surface area contributed by atoms with Crippen LogP contribution in [0.2, 0.25) is 10.0 Å². The number of halogens is 3. The van der Waals surface area contributed by atoms with Crippen LogP contribution in [0.25, 0.3) is 22.8 Å². The van der Waals surface area contributed by atoms with E-state index in [4.69, 9.17) is 27.7 Å². The Morgan fingerprint density at radius 2 is 1.79 bits per heavy atom. The van der Waals surface area contributed by atoms with Crippen LogP contribution < -0.4 is 10.9 Å². The van der Waals surface area contributed by atoms with Crippen molar-refractivity contribution in [3.05, 3.63) is 86.0 Å². The van der Waals surface area contributed by atoms with Gasteiger partial charge < -0.3 is 14.4 Å². The molecule has 2 aromatic heterocycles. The Kier molecular flexibility index (Phi) is 6.31. The molecule has 7 nitrogen and oxygen atoms in total. The third kappa shape index (κ3) is 4.81. The summed E-state index contributed by atoms with van der Waals surface area (Å²) >= 11 is 11.7. The highest BCUT2D eigenvalue weighted by molar-refractivity contribution is 6.30. The van der Waals surface area contributed by atoms with Gasteiger partial charge in [0.2, 0.25) is 11.7 Å². The summed E-state index contributed by atoms with van der Waals surface area (Å²) < 4.78 is 20.6. The number of hydrogen-bond acceptors (Lipinski definition) is 5. The quantitative estimate of drug-likeness (QED) is 0.415. The molecule has 33 heavy (non-hydrogen) atoms. The van der Waals surface area contributed by atoms with Crippen LogP contribution >= 0.6 is 23.2 Å². The summed E-state index contributed by atoms with van der Waals surface area (Å²) in [6, 6.07) is 12.5. The van der Waals surface area contributed by atoms with E-state index in [0.29, 0.717) is 27.7 Å². The Bertz CT molecular complexity index is 1410. The number of aromatic nitrogens is 3. The van der Waals surface area contributed by atoms with Gasteiger partial charge in [0.25, 0.3) is 11.4 Å². The summed E-state index contributed by atoms with van der Waals surface area (Å²) in [6.07, 6.45) is 0. The van der Waals surface area contributed by atoms with E-state index in [1.54, 1.807) is 44.2 Å². The molecule has 4 rings (SSSR count). The van der Waals surface area contributed by atoms with Crippen LogP contribution in [0.5, 0.6) is 0 Å². The lowest BCUT2D eigenvalue weighted by molar-refractivity contribution is -0.116. The molecule has 0 saturated heterocycles. The van der Waals surface area contributed by atoms with Crippen LogP contribution in [0.3, 0.4) is 0 Å². The average Bonchev–Trinajstić information content (AvgIpc) is 3.23. The smallest absolute Gasteiger partial charge is 0.264 e. The Morgan fingerprint density at radius 3 is 2.48 bits per heavy atom. The van der Waals surface area contributed by atoms with Crippen LogP contribution in [-0.4, -0.2) is 20.6 Å². The van der Waals surface area contributed by atoms with Crippen LogP contribution in [0.4, 0.5) is 10.1 Å². The van der Waals surface area contributed by atoms with Crippen molar-refractivity contribution < 1.29 is 13.7 Å². The van der Waals surface area contributed by atoms with Crippen molar-refractivity contribution in [1.82, 2.24) is 14.7 Å². The van der Waals surface area contributed by atoms with Gasteiger partial charge in [-0.15, -0.1) is 0 Å². The molecule has 0 aliphatic rings. The average molecular weight is 487 g/mol. The number of carbonyl (C=O) groups excluding carboxylic acids is 1. The van der Waals surface area contributed by atoms with E-state index in [2.05, 4.69) is 15.5 Å². The van der Waals surface area contributed by atoms with Gasteiger partial charge in [0.05, 0.1) is 5.69 Å². The number of carbonyl (C=O) groups is 1. The Labute approximate surface area is 197 Å². The summed E-state index contributed by atoms with van der Waals surface area (Å²) in [6.45, 7) is 3.10. The van der Waals surface area contributed by atoms with Crippen LogP contribution in [0.1, 0.15) is 11.3 Å². The molecular weight excluding hydrogens is 470 g/mol. The zero-order valence-electron chi connectivity index (χ0n) is 17.5. The van der Waals surface area contributed by atoms with Crippen molar-refractivity contribution in [2.24, 2.45) is 0 Å². The molecule has 1 N–H and O–H groups in total. The Balaban J connectivity index is 1.64. The summed E-state index contributed by atoms with van der Waals surface area (Å²) in [7, 11) is 0. The van der Waals surface area contributed by atoms with E-state index in [1.807, 2.05) is 0 Å². The summed E-state index contributed by atoms with van der Waals surface area (Å²) in [5.41, 5.74) is 1.50. The molecule has 0 spiro atoms. The van der Waals surface area contributed by atoms with Gasteiger partial charge in [0.15, 0.2) is 0 Å². The number of anilines is 1. The fourth-order valence-corrected chi connectivity index (χ4v) is 3.63. The van der Waals surface area contributed by atoms with Crippen LogP contribution in [-0.2, 0) is 11.3 Å². The van der Waals surface area contributed by atoms with Gasteiger partial charge in [-0.1, -0.05) is 28.4 Å². The lowest BCUT2D eigenvalue weighted by Gasteiger charge is -2.13. The highest BCUT2D eigenvalue weighted by Gasteiger charge is 2.20. The number of nitrogens with one attached hydrogen (secondary N) is 1. The second-order valence-electron chi connectivity index (χ2n) is 7.34. The molecule has 1 amide bonds. The maximum absolute atomic E-state index is 14.0. The van der Waals surface area contributed by atoms with Crippen molar-refractivity contribution in [3.63, 3.8) is 0 Å². The molecule has 0 unspecified atom stereocenters. The van der Waals surface area contributed by atoms with E-state index in [-0.39, 0.29) is 28.7 Å². The predicted octanol–water partition coefficient (Wildman–Crippen LogP) is 5.27. The highest BCUT2D eigenvalue weighted by Crippen LogP contribution is 2.24. The van der Waals surface area contributed by atoms with Crippen LogP contribution in [0, 0.1) is 19.7 Å². The molecule has 0 bridgehead atoms. The standard InChI is InChI=1S/C23H17Cl2FN4O3/c1-12-9-13(2)30(11-19(31)27-18-8-7-16(25)10-17(18)26)23(32)20(12)22-28-21(29-33-22)14-3-5-15(24)6-4-14/h3-10H,11H2,1-2H3,(H,27,31). The van der Waals surface area contributed by atoms with Gasteiger partial charge in [-0.2, -0.15) is 4.98 Å². The number of benzene rings is 2. The molecular formula is C23H17Cl2FN4O3. The molecule has 168 valence electrons. The van der Waals surface area contributed by atoms with E-state index in [0.717, 1.165) is 6.07 Å². The summed E-state index contributed by atoms with van der Waals surface area (Å²) in [4.78, 5) is 30.1. The number of aryl methyl sites for hydroxylation is 2. The lowest BCUT2D eigenvalue weighted by atomic mass is 10.1. The number of hydrogen-bond donors (Lipinski definition) is 1. The Morgan fingerprint density at radius 1 is 1.09 bits per heavy atom. The van der Waals surface area contributed by atoms with Crippen molar-refractivity contribution >= 4 is 34.8 Å². The van der Waals surface area contributed by atoms with Crippen molar-refractivity contribution in [3.8, 4) is 22.8 Å². The van der Waals surface area contributed by atoms with Crippen molar-refractivity contribution in [2.75, 3.05) is 5.32 Å². The van der Waals surface area contributed by atoms with Crippen molar-refractivity contribution in [2.45, 2.75) is 20.4 Å². The van der Waals surface area contributed by atoms with Gasteiger partial charge >= 0.3 is 0 Å². The first-order valence-corrected chi connectivity index (χ1v) is 10.5. The van der Waals surface area contributed by atoms with Crippen molar-refractivity contribution in [1.29, 1.82) is 0 Å². The number of pyridine rings is 1. The monoisotopic (exact) mass is 486 g/mol. The molecule has 0 aliphatic heterocycles. The first kappa shape index (κ1) is 22.7. The maximum atomic E-state index is 14.0. The fraction of sp³-hybridized carbons (Fsp3) is 0.130. The predicted molar refractivity (Wildman–Crippen MR) is 124 cm³/mol. The SMILES string of the molecule is Cc1cc(C)n(CC(=O)Nc2ccc(Cl)cc2F)c(=O)c1-c1nc(-c2ccc(Cl)cc2)no1. The van der Waals surface area contributed by atoms with Crippen LogP contribution in [0.15, 0.2) is 57.8 Å². The molecule has 0 saturated carbocycles. The normalized spacial score (nSPS) is 10.9. The number of amides is 1. The molecule has 0 fully saturated rings. The molecule has 0 atom stereocenters. The van der Waals surface area contributed by atoms with Gasteiger partial charge in [-0.3, -0.25) is 9.59 Å². The highest BCUT2D eigenvalue weighted by atomic mass is 35.5. The second-order valence-corrected chi connectivity index (χ2v) is 8.21. The summed E-state index contributed by atoms with van der Waals surface area (Å²) in [5, 5.41) is 7.17. The van der Waals surface area contributed by atoms with Gasteiger partial charge in [0, 0.05) is 21.3 Å². The van der Waals surface area contributed by atoms with E-state index in [1.165, 1.54) is 16.7 Å². The maximum Gasteiger partial charge on any atom is 0.264 e. The third-order valence-corrected chi connectivity index (χ3v) is 5.44. The molecule has 2 aromatic carbocycles. The first-order chi connectivity index (χ1) is 15.7. The second kappa shape index (κ2) is 9.17. The zero-order valence-corrected chi connectivity index (χ0v) is 19.0.